The third-order valence-electron chi connectivity index (χ3n) is 3.26. The van der Waals surface area contributed by atoms with E-state index in [1.165, 1.54) is 24.3 Å². The zero-order chi connectivity index (χ0) is 14.1. The first-order valence-electron chi connectivity index (χ1n) is 6.12. The summed E-state index contributed by atoms with van der Waals surface area (Å²) in [4.78, 5) is 3.17. The summed E-state index contributed by atoms with van der Waals surface area (Å²) >= 11 is 0. The monoisotopic (exact) mass is 268 g/mol. The fourth-order valence-electron chi connectivity index (χ4n) is 2.35. The highest BCUT2D eigenvalue weighted by Gasteiger charge is 2.13. The standard InChI is InChI=1S/C16H10F2N2/c17-11-3-1-10(2-4-11)16-13(7-8-19)14-9-12(18)5-6-15(14)20-16/h1-6,9,20H,7H2. The molecule has 0 unspecified atom stereocenters. The number of nitrogens with one attached hydrogen (secondary N) is 1. The number of halogens is 2. The smallest absolute Gasteiger partial charge is 0.123 e. The van der Waals surface area contributed by atoms with Gasteiger partial charge in [0.25, 0.3) is 0 Å². The van der Waals surface area contributed by atoms with Crippen LogP contribution in [0.2, 0.25) is 0 Å². The average molecular weight is 268 g/mol. The molecule has 0 aliphatic rings. The molecule has 2 nitrogen and oxygen atoms in total. The third-order valence-corrected chi connectivity index (χ3v) is 3.26. The van der Waals surface area contributed by atoms with Gasteiger partial charge in [-0.15, -0.1) is 0 Å². The van der Waals surface area contributed by atoms with Crippen LogP contribution in [0.3, 0.4) is 0 Å². The van der Waals surface area contributed by atoms with Gasteiger partial charge in [-0.05, 0) is 53.6 Å². The van der Waals surface area contributed by atoms with Gasteiger partial charge in [-0.3, -0.25) is 0 Å². The van der Waals surface area contributed by atoms with Crippen molar-refractivity contribution in [1.82, 2.24) is 4.98 Å². The van der Waals surface area contributed by atoms with E-state index in [1.807, 2.05) is 0 Å². The largest absolute Gasteiger partial charge is 0.354 e. The summed E-state index contributed by atoms with van der Waals surface area (Å²) < 4.78 is 26.4. The lowest BCUT2D eigenvalue weighted by Crippen LogP contribution is -1.86. The molecule has 0 saturated carbocycles. The van der Waals surface area contributed by atoms with E-state index in [9.17, 15) is 8.78 Å². The van der Waals surface area contributed by atoms with Crippen molar-refractivity contribution >= 4 is 10.9 Å². The van der Waals surface area contributed by atoms with Crippen molar-refractivity contribution in [2.24, 2.45) is 0 Å². The Balaban J connectivity index is 2.26. The van der Waals surface area contributed by atoms with E-state index < -0.39 is 0 Å². The zero-order valence-corrected chi connectivity index (χ0v) is 10.5. The number of benzene rings is 2. The maximum Gasteiger partial charge on any atom is 0.123 e. The molecule has 0 bridgehead atoms. The molecule has 98 valence electrons. The van der Waals surface area contributed by atoms with Crippen LogP contribution < -0.4 is 0 Å². The number of rotatable bonds is 2. The van der Waals surface area contributed by atoms with E-state index >= 15 is 0 Å². The normalized spacial score (nSPS) is 10.7. The highest BCUT2D eigenvalue weighted by molar-refractivity contribution is 5.91. The molecule has 0 spiro atoms. The first-order valence-corrected chi connectivity index (χ1v) is 6.12. The lowest BCUT2D eigenvalue weighted by molar-refractivity contribution is 0.628. The summed E-state index contributed by atoms with van der Waals surface area (Å²) in [6, 6.07) is 12.5. The van der Waals surface area contributed by atoms with Crippen molar-refractivity contribution in [2.75, 3.05) is 0 Å². The van der Waals surface area contributed by atoms with Crippen molar-refractivity contribution in [3.63, 3.8) is 0 Å². The molecule has 0 radical (unpaired) electrons. The van der Waals surface area contributed by atoms with E-state index in [-0.39, 0.29) is 18.1 Å². The van der Waals surface area contributed by atoms with Crippen LogP contribution in [-0.4, -0.2) is 4.98 Å². The summed E-state index contributed by atoms with van der Waals surface area (Å²) in [5.41, 5.74) is 2.99. The molecule has 20 heavy (non-hydrogen) atoms. The molecule has 1 N–H and O–H groups in total. The fraction of sp³-hybridized carbons (Fsp3) is 0.0625. The lowest BCUT2D eigenvalue weighted by atomic mass is 10.0. The average Bonchev–Trinajstić information content (AvgIpc) is 2.79. The second-order valence-corrected chi connectivity index (χ2v) is 4.51. The Morgan fingerprint density at radius 2 is 1.70 bits per heavy atom. The number of fused-ring (bicyclic) bond motifs is 1. The first-order chi connectivity index (χ1) is 9.69. The van der Waals surface area contributed by atoms with Gasteiger partial charge in [0.1, 0.15) is 11.6 Å². The maximum absolute atomic E-state index is 13.4. The Morgan fingerprint density at radius 3 is 2.40 bits per heavy atom. The fourth-order valence-corrected chi connectivity index (χ4v) is 2.35. The minimum atomic E-state index is -0.346. The molecule has 0 atom stereocenters. The number of aromatic nitrogens is 1. The molecule has 0 amide bonds. The Bertz CT molecular complexity index is 811. The number of hydrogen-bond acceptors (Lipinski definition) is 1. The number of nitrogens with zero attached hydrogens (tertiary/aromatic N) is 1. The minimum absolute atomic E-state index is 0.163. The molecule has 4 heteroatoms. The van der Waals surface area contributed by atoms with Gasteiger partial charge in [0.2, 0.25) is 0 Å². The van der Waals surface area contributed by atoms with E-state index in [4.69, 9.17) is 5.26 Å². The third kappa shape index (κ3) is 2.04. The van der Waals surface area contributed by atoms with Gasteiger partial charge in [0.05, 0.1) is 18.2 Å². The van der Waals surface area contributed by atoms with E-state index in [0.717, 1.165) is 22.3 Å². The number of hydrogen-bond donors (Lipinski definition) is 1. The molecule has 1 heterocycles. The van der Waals surface area contributed by atoms with E-state index in [0.29, 0.717) is 5.39 Å². The minimum Gasteiger partial charge on any atom is -0.354 e. The van der Waals surface area contributed by atoms with E-state index in [1.54, 1.807) is 18.2 Å². The van der Waals surface area contributed by atoms with Crippen molar-refractivity contribution in [2.45, 2.75) is 6.42 Å². The van der Waals surface area contributed by atoms with Gasteiger partial charge in [-0.1, -0.05) is 0 Å². The van der Waals surface area contributed by atoms with Crippen LogP contribution in [0.15, 0.2) is 42.5 Å². The van der Waals surface area contributed by atoms with Crippen LogP contribution in [0, 0.1) is 23.0 Å². The highest BCUT2D eigenvalue weighted by atomic mass is 19.1. The van der Waals surface area contributed by atoms with Gasteiger partial charge in [-0.2, -0.15) is 5.26 Å². The molecule has 0 fully saturated rings. The van der Waals surface area contributed by atoms with Gasteiger partial charge >= 0.3 is 0 Å². The van der Waals surface area contributed by atoms with Gasteiger partial charge in [0, 0.05) is 10.9 Å². The molecule has 2 aromatic carbocycles. The summed E-state index contributed by atoms with van der Waals surface area (Å²) in [6.07, 6.45) is 0.163. The van der Waals surface area contributed by atoms with E-state index in [2.05, 4.69) is 11.1 Å². The summed E-state index contributed by atoms with van der Waals surface area (Å²) in [5.74, 6) is -0.668. The molecule has 0 saturated heterocycles. The van der Waals surface area contributed by atoms with Gasteiger partial charge in [-0.25, -0.2) is 8.78 Å². The van der Waals surface area contributed by atoms with Crippen LogP contribution >= 0.6 is 0 Å². The molecule has 3 rings (SSSR count). The Labute approximate surface area is 114 Å². The Kier molecular flexibility index (Phi) is 2.96. The second-order valence-electron chi connectivity index (χ2n) is 4.51. The van der Waals surface area contributed by atoms with Crippen LogP contribution in [0.1, 0.15) is 5.56 Å². The molecule has 0 aliphatic heterocycles. The van der Waals surface area contributed by atoms with Crippen LogP contribution in [0.25, 0.3) is 22.2 Å². The summed E-state index contributed by atoms with van der Waals surface area (Å²) in [6.45, 7) is 0. The first kappa shape index (κ1) is 12.4. The predicted molar refractivity (Wildman–Crippen MR) is 73.0 cm³/mol. The van der Waals surface area contributed by atoms with Crippen LogP contribution in [0.5, 0.6) is 0 Å². The predicted octanol–water partition coefficient (Wildman–Crippen LogP) is 4.18. The van der Waals surface area contributed by atoms with Crippen molar-refractivity contribution < 1.29 is 8.78 Å². The highest BCUT2D eigenvalue weighted by Crippen LogP contribution is 2.31. The Morgan fingerprint density at radius 1 is 1.00 bits per heavy atom. The van der Waals surface area contributed by atoms with Crippen LogP contribution in [-0.2, 0) is 6.42 Å². The van der Waals surface area contributed by atoms with Crippen molar-refractivity contribution in [1.29, 1.82) is 5.26 Å². The quantitative estimate of drug-likeness (QED) is 0.744. The van der Waals surface area contributed by atoms with Gasteiger partial charge < -0.3 is 4.98 Å². The second kappa shape index (κ2) is 4.78. The maximum atomic E-state index is 13.4. The molecular formula is C16H10F2N2. The summed E-state index contributed by atoms with van der Waals surface area (Å²) in [7, 11) is 0. The van der Waals surface area contributed by atoms with Crippen molar-refractivity contribution in [3.05, 3.63) is 59.7 Å². The molecule has 3 aromatic rings. The number of H-pyrrole nitrogens is 1. The Hall–Kier alpha value is -2.67. The van der Waals surface area contributed by atoms with Crippen LogP contribution in [0.4, 0.5) is 8.78 Å². The molecular weight excluding hydrogens is 258 g/mol. The number of aromatic amines is 1. The van der Waals surface area contributed by atoms with Crippen molar-refractivity contribution in [3.8, 4) is 17.3 Å². The molecule has 0 aliphatic carbocycles. The molecule has 1 aromatic heterocycles. The topological polar surface area (TPSA) is 39.6 Å². The summed E-state index contributed by atoms with van der Waals surface area (Å²) in [5, 5.41) is 9.65. The lowest BCUT2D eigenvalue weighted by Gasteiger charge is -2.01. The van der Waals surface area contributed by atoms with Gasteiger partial charge in [0.15, 0.2) is 0 Å². The number of nitriles is 1. The SMILES string of the molecule is N#CCc1c(-c2ccc(F)cc2)[nH]c2ccc(F)cc12. The zero-order valence-electron chi connectivity index (χ0n) is 10.5.